The average Bonchev–Trinajstić information content (AvgIpc) is 3.40. The molecule has 0 aliphatic carbocycles. The molecule has 0 fully saturated rings. The van der Waals surface area contributed by atoms with Crippen LogP contribution < -0.4 is 5.32 Å². The molecule has 0 unspecified atom stereocenters. The third-order valence-corrected chi connectivity index (χ3v) is 5.28. The fourth-order valence-electron chi connectivity index (χ4n) is 3.05. The maximum Gasteiger partial charge on any atom is 0.269 e. The second-order valence-electron chi connectivity index (χ2n) is 6.29. The molecule has 3 aromatic heterocycles. The topological polar surface area (TPSA) is 75.1 Å². The lowest BCUT2D eigenvalue weighted by Crippen LogP contribution is -2.24. The largest absolute Gasteiger partial charge is 0.344 e. The summed E-state index contributed by atoms with van der Waals surface area (Å²) < 4.78 is 14.9. The van der Waals surface area contributed by atoms with Crippen LogP contribution in [0.25, 0.3) is 27.3 Å². The zero-order valence-electron chi connectivity index (χ0n) is 14.5. The van der Waals surface area contributed by atoms with Crippen molar-refractivity contribution >= 4 is 33.2 Å². The average molecular weight is 391 g/mol. The van der Waals surface area contributed by atoms with Crippen LogP contribution in [0.4, 0.5) is 4.39 Å². The van der Waals surface area contributed by atoms with Gasteiger partial charge in [-0.2, -0.15) is 0 Å². The number of aromatic amines is 1. The second kappa shape index (κ2) is 6.58. The molecule has 2 aromatic carbocycles. The number of carbonyl (C=O) groups is 1. The highest BCUT2D eigenvalue weighted by Gasteiger charge is 2.15. The van der Waals surface area contributed by atoms with E-state index in [1.807, 2.05) is 24.3 Å². The predicted molar refractivity (Wildman–Crippen MR) is 106 cm³/mol. The molecular formula is C20H14FN5OS. The van der Waals surface area contributed by atoms with Crippen molar-refractivity contribution in [1.82, 2.24) is 24.7 Å². The number of para-hydroxylation sites is 2. The lowest BCUT2D eigenvalue weighted by atomic mass is 10.2. The van der Waals surface area contributed by atoms with Crippen LogP contribution in [0.15, 0.2) is 60.1 Å². The number of aromatic nitrogens is 4. The summed E-state index contributed by atoms with van der Waals surface area (Å²) in [6.07, 6.45) is 1.79. The van der Waals surface area contributed by atoms with Crippen LogP contribution in [-0.2, 0) is 6.54 Å². The Bertz CT molecular complexity index is 1270. The van der Waals surface area contributed by atoms with Gasteiger partial charge in [0.15, 0.2) is 4.96 Å². The summed E-state index contributed by atoms with van der Waals surface area (Å²) in [5, 5.41) is 4.66. The SMILES string of the molecule is O=C(NCc1nc2ccccc2[nH]1)c1csc2nc(-c3ccc(F)cc3)cn12. The molecule has 2 N–H and O–H groups in total. The molecule has 0 saturated heterocycles. The van der Waals surface area contributed by atoms with Gasteiger partial charge in [-0.25, -0.2) is 14.4 Å². The van der Waals surface area contributed by atoms with Gasteiger partial charge < -0.3 is 10.3 Å². The van der Waals surface area contributed by atoms with Crippen molar-refractivity contribution < 1.29 is 9.18 Å². The first-order valence-corrected chi connectivity index (χ1v) is 9.50. The Balaban J connectivity index is 1.37. The number of benzene rings is 2. The molecular weight excluding hydrogens is 377 g/mol. The highest BCUT2D eigenvalue weighted by Crippen LogP contribution is 2.24. The van der Waals surface area contributed by atoms with Crippen molar-refractivity contribution in [2.75, 3.05) is 0 Å². The first kappa shape index (κ1) is 16.6. The quantitative estimate of drug-likeness (QED) is 0.486. The molecule has 28 heavy (non-hydrogen) atoms. The van der Waals surface area contributed by atoms with Gasteiger partial charge >= 0.3 is 0 Å². The maximum absolute atomic E-state index is 13.1. The smallest absolute Gasteiger partial charge is 0.269 e. The number of thiazole rings is 1. The minimum Gasteiger partial charge on any atom is -0.344 e. The normalized spacial score (nSPS) is 11.3. The molecule has 5 aromatic rings. The van der Waals surface area contributed by atoms with Gasteiger partial charge in [0.2, 0.25) is 0 Å². The van der Waals surface area contributed by atoms with Gasteiger partial charge in [-0.05, 0) is 36.4 Å². The van der Waals surface area contributed by atoms with E-state index in [0.29, 0.717) is 28.7 Å². The number of nitrogens with one attached hydrogen (secondary N) is 2. The monoisotopic (exact) mass is 391 g/mol. The van der Waals surface area contributed by atoms with E-state index in [1.54, 1.807) is 28.1 Å². The van der Waals surface area contributed by atoms with Crippen LogP contribution in [0, 0.1) is 5.82 Å². The van der Waals surface area contributed by atoms with Gasteiger partial charge in [-0.15, -0.1) is 11.3 Å². The Labute approximate surface area is 162 Å². The van der Waals surface area contributed by atoms with E-state index < -0.39 is 0 Å². The molecule has 1 amide bonds. The molecule has 3 heterocycles. The molecule has 0 spiro atoms. The van der Waals surface area contributed by atoms with Crippen molar-refractivity contribution in [1.29, 1.82) is 0 Å². The van der Waals surface area contributed by atoms with Crippen LogP contribution in [0.2, 0.25) is 0 Å². The van der Waals surface area contributed by atoms with E-state index in [2.05, 4.69) is 20.3 Å². The van der Waals surface area contributed by atoms with Crippen LogP contribution >= 0.6 is 11.3 Å². The predicted octanol–water partition coefficient (Wildman–Crippen LogP) is 4.01. The minimum absolute atomic E-state index is 0.213. The lowest BCUT2D eigenvalue weighted by molar-refractivity contribution is 0.0944. The molecule has 8 heteroatoms. The summed E-state index contributed by atoms with van der Waals surface area (Å²) >= 11 is 1.38. The maximum atomic E-state index is 13.1. The number of carbonyl (C=O) groups excluding carboxylic acids is 1. The fourth-order valence-corrected chi connectivity index (χ4v) is 3.90. The molecule has 138 valence electrons. The van der Waals surface area contributed by atoms with E-state index >= 15 is 0 Å². The Morgan fingerprint density at radius 2 is 1.96 bits per heavy atom. The number of rotatable bonds is 4. The van der Waals surface area contributed by atoms with E-state index in [-0.39, 0.29) is 11.7 Å². The number of H-pyrrole nitrogens is 1. The number of fused-ring (bicyclic) bond motifs is 2. The summed E-state index contributed by atoms with van der Waals surface area (Å²) in [5.74, 6) is 0.184. The van der Waals surface area contributed by atoms with Gasteiger partial charge in [-0.3, -0.25) is 9.20 Å². The number of hydrogen-bond acceptors (Lipinski definition) is 4. The van der Waals surface area contributed by atoms with Crippen molar-refractivity contribution in [3.63, 3.8) is 0 Å². The van der Waals surface area contributed by atoms with Crippen molar-refractivity contribution in [2.45, 2.75) is 6.54 Å². The van der Waals surface area contributed by atoms with Crippen molar-refractivity contribution in [2.24, 2.45) is 0 Å². The fraction of sp³-hybridized carbons (Fsp3) is 0.0500. The zero-order valence-corrected chi connectivity index (χ0v) is 15.3. The summed E-state index contributed by atoms with van der Waals surface area (Å²) in [6.45, 7) is 0.296. The summed E-state index contributed by atoms with van der Waals surface area (Å²) in [5.41, 5.74) is 3.78. The van der Waals surface area contributed by atoms with Crippen LogP contribution in [0.1, 0.15) is 16.3 Å². The first-order chi connectivity index (χ1) is 13.7. The number of nitrogens with zero attached hydrogens (tertiary/aromatic N) is 3. The Hall–Kier alpha value is -3.52. The zero-order chi connectivity index (χ0) is 19.1. The van der Waals surface area contributed by atoms with Crippen LogP contribution in [-0.4, -0.2) is 25.3 Å². The van der Waals surface area contributed by atoms with E-state index in [1.165, 1.54) is 23.5 Å². The first-order valence-electron chi connectivity index (χ1n) is 8.62. The molecule has 0 radical (unpaired) electrons. The summed E-state index contributed by atoms with van der Waals surface area (Å²) in [7, 11) is 0. The molecule has 0 aliphatic heterocycles. The molecule has 0 aliphatic rings. The van der Waals surface area contributed by atoms with Crippen LogP contribution in [0.5, 0.6) is 0 Å². The summed E-state index contributed by atoms with van der Waals surface area (Å²) in [4.78, 5) is 25.5. The molecule has 0 saturated carbocycles. The standard InChI is InChI=1S/C20H14FN5OS/c21-13-7-5-12(6-8-13)16-10-26-17(11-28-20(26)25-16)19(27)22-9-18-23-14-3-1-2-4-15(14)24-18/h1-8,10-11H,9H2,(H,22,27)(H,23,24). The Morgan fingerprint density at radius 1 is 1.14 bits per heavy atom. The molecule has 0 atom stereocenters. The number of imidazole rings is 2. The highest BCUT2D eigenvalue weighted by molar-refractivity contribution is 7.15. The van der Waals surface area contributed by atoms with Gasteiger partial charge in [0.05, 0.1) is 23.3 Å². The van der Waals surface area contributed by atoms with Gasteiger partial charge in [0.1, 0.15) is 17.3 Å². The van der Waals surface area contributed by atoms with E-state index in [9.17, 15) is 9.18 Å². The van der Waals surface area contributed by atoms with E-state index in [4.69, 9.17) is 0 Å². The minimum atomic E-state index is -0.296. The number of hydrogen-bond donors (Lipinski definition) is 2. The lowest BCUT2D eigenvalue weighted by Gasteiger charge is -2.02. The second-order valence-corrected chi connectivity index (χ2v) is 7.13. The van der Waals surface area contributed by atoms with Gasteiger partial charge in [-0.1, -0.05) is 12.1 Å². The molecule has 0 bridgehead atoms. The van der Waals surface area contributed by atoms with Crippen LogP contribution in [0.3, 0.4) is 0 Å². The highest BCUT2D eigenvalue weighted by atomic mass is 32.1. The molecule has 5 rings (SSSR count). The third-order valence-electron chi connectivity index (χ3n) is 4.44. The Morgan fingerprint density at radius 3 is 2.79 bits per heavy atom. The third kappa shape index (κ3) is 2.93. The number of halogens is 1. The Kier molecular flexibility index (Phi) is 3.91. The van der Waals surface area contributed by atoms with Crippen molar-refractivity contribution in [3.8, 4) is 11.3 Å². The van der Waals surface area contributed by atoms with E-state index in [0.717, 1.165) is 16.6 Å². The van der Waals surface area contributed by atoms with Gasteiger partial charge in [0.25, 0.3) is 5.91 Å². The summed E-state index contributed by atoms with van der Waals surface area (Å²) in [6, 6.07) is 13.8. The van der Waals surface area contributed by atoms with Gasteiger partial charge in [0, 0.05) is 17.1 Å². The molecule has 6 nitrogen and oxygen atoms in total. The van der Waals surface area contributed by atoms with Crippen molar-refractivity contribution in [3.05, 3.63) is 77.4 Å². The number of amides is 1.